The Morgan fingerprint density at radius 1 is 1.92 bits per heavy atom. The molecule has 12 heavy (non-hydrogen) atoms. The van der Waals surface area contributed by atoms with E-state index in [1.165, 1.54) is 11.3 Å². The normalized spacial score (nSPS) is 9.00. The van der Waals surface area contributed by atoms with Crippen LogP contribution in [0.3, 0.4) is 0 Å². The maximum atomic E-state index is 11.2. The largest absolute Gasteiger partial charge is 0.340 e. The van der Waals surface area contributed by atoms with E-state index in [9.17, 15) is 4.79 Å². The van der Waals surface area contributed by atoms with Gasteiger partial charge in [0.25, 0.3) is 5.91 Å². The molecule has 1 N–H and O–H groups in total. The summed E-state index contributed by atoms with van der Waals surface area (Å²) in [5.41, 5.74) is 0. The van der Waals surface area contributed by atoms with Crippen LogP contribution in [-0.4, -0.2) is 17.4 Å². The molecule has 1 aromatic rings. The average molecular weight is 180 g/mol. The molecule has 1 aromatic heterocycles. The number of aromatic nitrogens is 1. The minimum Gasteiger partial charge on any atom is -0.340 e. The molecule has 62 valence electrons. The van der Waals surface area contributed by atoms with E-state index in [0.29, 0.717) is 4.88 Å². The number of carbonyl (C=O) groups excluding carboxylic acids is 1. The van der Waals surface area contributed by atoms with Crippen molar-refractivity contribution >= 4 is 17.2 Å². The number of carbonyl (C=O) groups is 1. The molecule has 1 heterocycles. The van der Waals surface area contributed by atoms with Gasteiger partial charge in [0.05, 0.1) is 17.7 Å². The van der Waals surface area contributed by atoms with Gasteiger partial charge in [0.2, 0.25) is 0 Å². The molecular weight excluding hydrogens is 172 g/mol. The number of terminal acetylenes is 1. The second-order valence-corrected chi connectivity index (χ2v) is 3.37. The third kappa shape index (κ3) is 2.07. The monoisotopic (exact) mass is 180 g/mol. The van der Waals surface area contributed by atoms with Crippen LogP contribution >= 0.6 is 11.3 Å². The molecule has 0 saturated carbocycles. The van der Waals surface area contributed by atoms with Gasteiger partial charge in [-0.25, -0.2) is 4.98 Å². The summed E-state index contributed by atoms with van der Waals surface area (Å²) in [5.74, 6) is 2.17. The van der Waals surface area contributed by atoms with Crippen LogP contribution in [0.4, 0.5) is 0 Å². The summed E-state index contributed by atoms with van der Waals surface area (Å²) in [7, 11) is 0. The van der Waals surface area contributed by atoms with Crippen molar-refractivity contribution < 1.29 is 4.79 Å². The van der Waals surface area contributed by atoms with Crippen LogP contribution in [0, 0.1) is 19.3 Å². The Hall–Kier alpha value is -1.34. The predicted octanol–water partition coefficient (Wildman–Crippen LogP) is 0.815. The Kier molecular flexibility index (Phi) is 2.83. The lowest BCUT2D eigenvalue weighted by Crippen LogP contribution is -2.22. The molecule has 3 nitrogen and oxygen atoms in total. The predicted molar refractivity (Wildman–Crippen MR) is 48.0 cm³/mol. The van der Waals surface area contributed by atoms with Crippen LogP contribution in [0.2, 0.25) is 0 Å². The van der Waals surface area contributed by atoms with Crippen molar-refractivity contribution in [1.29, 1.82) is 0 Å². The van der Waals surface area contributed by atoms with Crippen molar-refractivity contribution in [2.45, 2.75) is 6.92 Å². The van der Waals surface area contributed by atoms with E-state index in [1.54, 1.807) is 6.20 Å². The molecule has 1 amide bonds. The molecule has 0 fully saturated rings. The minimum atomic E-state index is -0.154. The highest BCUT2D eigenvalue weighted by atomic mass is 32.1. The van der Waals surface area contributed by atoms with Crippen LogP contribution in [0.15, 0.2) is 6.20 Å². The standard InChI is InChI=1S/C8H8N2OS/c1-3-4-9-8(11)7-5-10-6(2)12-7/h1,5H,4H2,2H3,(H,9,11). The molecule has 0 atom stereocenters. The molecule has 0 bridgehead atoms. The van der Waals surface area contributed by atoms with Gasteiger partial charge < -0.3 is 5.32 Å². The SMILES string of the molecule is C#CCNC(=O)c1cnc(C)s1. The Morgan fingerprint density at radius 2 is 2.67 bits per heavy atom. The average Bonchev–Trinajstić information content (AvgIpc) is 2.47. The fourth-order valence-corrected chi connectivity index (χ4v) is 1.38. The van der Waals surface area contributed by atoms with Crippen LogP contribution in [0.25, 0.3) is 0 Å². The molecule has 0 aliphatic rings. The maximum Gasteiger partial charge on any atom is 0.263 e. The lowest BCUT2D eigenvalue weighted by molar-refractivity contribution is 0.0962. The Bertz CT molecular complexity index is 324. The lowest BCUT2D eigenvalue weighted by atomic mass is 10.5. The van der Waals surface area contributed by atoms with Gasteiger partial charge in [-0.2, -0.15) is 0 Å². The molecule has 0 aliphatic carbocycles. The molecule has 0 radical (unpaired) electrons. The van der Waals surface area contributed by atoms with Crippen molar-refractivity contribution in [3.05, 3.63) is 16.1 Å². The van der Waals surface area contributed by atoms with Crippen LogP contribution in [0.5, 0.6) is 0 Å². The zero-order valence-electron chi connectivity index (χ0n) is 6.63. The first kappa shape index (κ1) is 8.75. The zero-order valence-corrected chi connectivity index (χ0v) is 7.44. The van der Waals surface area contributed by atoms with Gasteiger partial charge in [0, 0.05) is 0 Å². The second-order valence-electron chi connectivity index (χ2n) is 2.13. The second kappa shape index (κ2) is 3.88. The van der Waals surface area contributed by atoms with Gasteiger partial charge in [0.1, 0.15) is 4.88 Å². The van der Waals surface area contributed by atoms with Crippen molar-refractivity contribution in [3.63, 3.8) is 0 Å². The quantitative estimate of drug-likeness (QED) is 0.684. The van der Waals surface area contributed by atoms with Crippen LogP contribution in [-0.2, 0) is 0 Å². The molecule has 4 heteroatoms. The molecule has 0 saturated heterocycles. The van der Waals surface area contributed by atoms with E-state index in [-0.39, 0.29) is 12.5 Å². The van der Waals surface area contributed by atoms with E-state index in [1.807, 2.05) is 6.92 Å². The summed E-state index contributed by atoms with van der Waals surface area (Å²) in [4.78, 5) is 15.7. The van der Waals surface area contributed by atoms with Gasteiger partial charge in [-0.3, -0.25) is 4.79 Å². The Labute approximate surface area is 74.8 Å². The molecule has 0 aromatic carbocycles. The summed E-state index contributed by atoms with van der Waals surface area (Å²) in [6.07, 6.45) is 6.53. The van der Waals surface area contributed by atoms with Gasteiger partial charge in [-0.15, -0.1) is 17.8 Å². The highest BCUT2D eigenvalue weighted by Gasteiger charge is 2.06. The maximum absolute atomic E-state index is 11.2. The molecule has 0 spiro atoms. The third-order valence-electron chi connectivity index (χ3n) is 1.20. The number of nitrogens with zero attached hydrogens (tertiary/aromatic N) is 1. The van der Waals surface area contributed by atoms with E-state index in [4.69, 9.17) is 6.42 Å². The number of aryl methyl sites for hydroxylation is 1. The first-order chi connectivity index (χ1) is 5.74. The summed E-state index contributed by atoms with van der Waals surface area (Å²) in [6.45, 7) is 2.11. The third-order valence-corrected chi connectivity index (χ3v) is 2.11. The Morgan fingerprint density at radius 3 is 3.17 bits per heavy atom. The van der Waals surface area contributed by atoms with Gasteiger partial charge in [-0.1, -0.05) is 5.92 Å². The Balaban J connectivity index is 2.61. The van der Waals surface area contributed by atoms with Gasteiger partial charge in [0.15, 0.2) is 0 Å². The van der Waals surface area contributed by atoms with Gasteiger partial charge >= 0.3 is 0 Å². The van der Waals surface area contributed by atoms with E-state index in [0.717, 1.165) is 5.01 Å². The van der Waals surface area contributed by atoms with E-state index < -0.39 is 0 Å². The highest BCUT2D eigenvalue weighted by molar-refractivity contribution is 7.13. The summed E-state index contributed by atoms with van der Waals surface area (Å²) < 4.78 is 0. The van der Waals surface area contributed by atoms with Crippen molar-refractivity contribution in [3.8, 4) is 12.3 Å². The molecule has 1 rings (SSSR count). The van der Waals surface area contributed by atoms with Crippen molar-refractivity contribution in [1.82, 2.24) is 10.3 Å². The van der Waals surface area contributed by atoms with Gasteiger partial charge in [-0.05, 0) is 6.92 Å². The fraction of sp³-hybridized carbons (Fsp3) is 0.250. The number of nitrogens with one attached hydrogen (secondary N) is 1. The fourth-order valence-electron chi connectivity index (χ4n) is 0.685. The number of rotatable bonds is 2. The van der Waals surface area contributed by atoms with E-state index in [2.05, 4.69) is 16.2 Å². The van der Waals surface area contributed by atoms with Crippen molar-refractivity contribution in [2.24, 2.45) is 0 Å². The number of hydrogen-bond donors (Lipinski definition) is 1. The topological polar surface area (TPSA) is 42.0 Å². The smallest absolute Gasteiger partial charge is 0.263 e. The molecule has 0 unspecified atom stereocenters. The van der Waals surface area contributed by atoms with Crippen molar-refractivity contribution in [2.75, 3.05) is 6.54 Å². The zero-order chi connectivity index (χ0) is 8.97. The van der Waals surface area contributed by atoms with Crippen LogP contribution in [0.1, 0.15) is 14.7 Å². The number of thiazole rings is 1. The lowest BCUT2D eigenvalue weighted by Gasteiger charge is -1.94. The highest BCUT2D eigenvalue weighted by Crippen LogP contribution is 2.10. The van der Waals surface area contributed by atoms with E-state index >= 15 is 0 Å². The first-order valence-corrected chi connectivity index (χ1v) is 4.20. The molecular formula is C8H8N2OS. The van der Waals surface area contributed by atoms with Crippen LogP contribution < -0.4 is 5.32 Å². The molecule has 0 aliphatic heterocycles. The summed E-state index contributed by atoms with van der Waals surface area (Å²) in [5, 5.41) is 3.43. The number of hydrogen-bond acceptors (Lipinski definition) is 3. The summed E-state index contributed by atoms with van der Waals surface area (Å²) in [6, 6.07) is 0. The minimum absolute atomic E-state index is 0.154. The first-order valence-electron chi connectivity index (χ1n) is 3.38. The number of amides is 1. The summed E-state index contributed by atoms with van der Waals surface area (Å²) >= 11 is 1.35.